The van der Waals surface area contributed by atoms with Crippen LogP contribution < -0.4 is 5.12 Å². The molecule has 0 amide bonds. The minimum atomic E-state index is -2.03. The van der Waals surface area contributed by atoms with E-state index in [4.69, 9.17) is 13.9 Å². The van der Waals surface area contributed by atoms with Crippen molar-refractivity contribution in [2.24, 2.45) is 0 Å². The highest BCUT2D eigenvalue weighted by molar-refractivity contribution is 6.27. The molecule has 156 valence electrons. The number of nitrogens with zero attached hydrogens (tertiary/aromatic N) is 1. The van der Waals surface area contributed by atoms with Gasteiger partial charge in [-0.05, 0) is 40.2 Å². The highest BCUT2D eigenvalue weighted by atomic mass is 28.2. The molecule has 0 aliphatic rings. The third-order valence-electron chi connectivity index (χ3n) is 3.36. The predicted molar refractivity (Wildman–Crippen MR) is 94.6 cm³/mol. The molecular weight excluding hydrogens is 389 g/mol. The van der Waals surface area contributed by atoms with Crippen molar-refractivity contribution in [3.05, 3.63) is 29.3 Å². The van der Waals surface area contributed by atoms with E-state index in [2.05, 4.69) is 0 Å². The Labute approximate surface area is 158 Å². The van der Waals surface area contributed by atoms with Crippen molar-refractivity contribution in [2.45, 2.75) is 65.3 Å². The Bertz CT molecular complexity index is 582. The van der Waals surface area contributed by atoms with Gasteiger partial charge in [-0.15, -0.1) is 0 Å². The maximum Gasteiger partial charge on any atom is 0.262 e. The first-order valence-corrected chi connectivity index (χ1v) is 10.4. The lowest BCUT2D eigenvalue weighted by atomic mass is 10.2. The lowest BCUT2D eigenvalue weighted by Gasteiger charge is -2.23. The van der Waals surface area contributed by atoms with Crippen LogP contribution in [0.2, 0.25) is 6.04 Å². The summed E-state index contributed by atoms with van der Waals surface area (Å²) in [6, 6.07) is 0.977. The topological polar surface area (TPSA) is 30.9 Å². The van der Waals surface area contributed by atoms with E-state index in [9.17, 15) is 22.0 Å². The van der Waals surface area contributed by atoms with Crippen LogP contribution in [-0.2, 0) is 13.9 Å². The molecule has 0 saturated heterocycles. The van der Waals surface area contributed by atoms with Crippen LogP contribution in [-0.4, -0.2) is 35.0 Å². The van der Waals surface area contributed by atoms with Gasteiger partial charge in [0.25, 0.3) is 6.48 Å². The van der Waals surface area contributed by atoms with Gasteiger partial charge >= 0.3 is 0 Å². The molecule has 27 heavy (non-hydrogen) atoms. The molecule has 0 unspecified atom stereocenters. The SMILES string of the molecule is CC(C)OC(O[SiH2]CCCCN(F)c1cc(F)c(F)c(F)c1F)OC(C)C. The summed E-state index contributed by atoms with van der Waals surface area (Å²) in [5, 5.41) is -0.129. The second kappa shape index (κ2) is 11.6. The smallest absolute Gasteiger partial charge is 0.262 e. The summed E-state index contributed by atoms with van der Waals surface area (Å²) in [5.74, 6) is -7.40. The van der Waals surface area contributed by atoms with Gasteiger partial charge in [0.05, 0.1) is 18.8 Å². The van der Waals surface area contributed by atoms with E-state index < -0.39 is 45.2 Å². The average molecular weight is 415 g/mol. The number of rotatable bonds is 12. The zero-order valence-electron chi connectivity index (χ0n) is 15.9. The fraction of sp³-hybridized carbons (Fsp3) is 0.647. The molecular formula is C17H26F5NO3Si. The van der Waals surface area contributed by atoms with Crippen LogP contribution in [0.3, 0.4) is 0 Å². The summed E-state index contributed by atoms with van der Waals surface area (Å²) in [6.07, 6.45) is 0.743. The van der Waals surface area contributed by atoms with Crippen molar-refractivity contribution < 1.29 is 35.9 Å². The Kier molecular flexibility index (Phi) is 10.2. The minimum Gasteiger partial charge on any atom is -0.379 e. The zero-order chi connectivity index (χ0) is 20.6. The molecule has 0 aliphatic carbocycles. The summed E-state index contributed by atoms with van der Waals surface area (Å²) in [4.78, 5) is 0. The molecule has 0 aliphatic heterocycles. The highest BCUT2D eigenvalue weighted by Gasteiger charge is 2.22. The van der Waals surface area contributed by atoms with Crippen molar-refractivity contribution in [3.63, 3.8) is 0 Å². The first-order chi connectivity index (χ1) is 12.6. The Morgan fingerprint density at radius 2 is 1.52 bits per heavy atom. The molecule has 0 atom stereocenters. The fourth-order valence-electron chi connectivity index (χ4n) is 2.12. The fourth-order valence-corrected chi connectivity index (χ4v) is 3.20. The van der Waals surface area contributed by atoms with Crippen LogP contribution in [0.15, 0.2) is 6.07 Å². The number of hydrogen-bond acceptors (Lipinski definition) is 4. The maximum absolute atomic E-state index is 13.9. The van der Waals surface area contributed by atoms with Crippen LogP contribution in [0, 0.1) is 23.3 Å². The van der Waals surface area contributed by atoms with E-state index in [0.29, 0.717) is 25.0 Å². The number of halogens is 5. The van der Waals surface area contributed by atoms with E-state index in [1.807, 2.05) is 27.7 Å². The van der Waals surface area contributed by atoms with E-state index >= 15 is 0 Å². The Hall–Kier alpha value is -1.23. The number of unbranched alkanes of at least 4 members (excludes halogenated alkanes) is 1. The van der Waals surface area contributed by atoms with Crippen LogP contribution >= 0.6 is 0 Å². The van der Waals surface area contributed by atoms with Crippen molar-refractivity contribution >= 4 is 15.5 Å². The highest BCUT2D eigenvalue weighted by Crippen LogP contribution is 2.26. The van der Waals surface area contributed by atoms with Crippen molar-refractivity contribution in [2.75, 3.05) is 11.7 Å². The van der Waals surface area contributed by atoms with Crippen LogP contribution in [0.25, 0.3) is 0 Å². The monoisotopic (exact) mass is 415 g/mol. The van der Waals surface area contributed by atoms with Crippen LogP contribution in [0.1, 0.15) is 40.5 Å². The molecule has 0 heterocycles. The van der Waals surface area contributed by atoms with Crippen molar-refractivity contribution in [3.8, 4) is 0 Å². The second-order valence-electron chi connectivity index (χ2n) is 6.50. The molecule has 0 spiro atoms. The van der Waals surface area contributed by atoms with Crippen molar-refractivity contribution in [1.29, 1.82) is 0 Å². The second-order valence-corrected chi connectivity index (χ2v) is 7.94. The number of ether oxygens (including phenoxy) is 2. The molecule has 1 rings (SSSR count). The van der Waals surface area contributed by atoms with Gasteiger partial charge in [-0.25, -0.2) is 22.7 Å². The van der Waals surface area contributed by atoms with Crippen LogP contribution in [0.4, 0.5) is 27.7 Å². The number of anilines is 1. The standard InChI is InChI=1S/C17H26F5NO3Si/c1-10(2)24-17(25-11(3)4)26-27-8-6-5-7-23(22)13-9-12(18)14(19)16(21)15(13)20/h9-11,17H,5-8,27H2,1-4H3. The van der Waals surface area contributed by atoms with Crippen molar-refractivity contribution in [1.82, 2.24) is 0 Å². The van der Waals surface area contributed by atoms with Crippen LogP contribution in [0.5, 0.6) is 0 Å². The number of hydrogen-bond donors (Lipinski definition) is 0. The van der Waals surface area contributed by atoms with E-state index in [1.165, 1.54) is 0 Å². The molecule has 0 N–H and O–H groups in total. The van der Waals surface area contributed by atoms with Gasteiger partial charge in [-0.2, -0.15) is 0 Å². The van der Waals surface area contributed by atoms with E-state index in [-0.39, 0.29) is 23.9 Å². The van der Waals surface area contributed by atoms with E-state index in [0.717, 1.165) is 0 Å². The quantitative estimate of drug-likeness (QED) is 0.0965. The maximum atomic E-state index is 13.9. The first kappa shape index (κ1) is 23.8. The zero-order valence-corrected chi connectivity index (χ0v) is 17.3. The van der Waals surface area contributed by atoms with Gasteiger partial charge in [-0.3, -0.25) is 0 Å². The third kappa shape index (κ3) is 8.12. The van der Waals surface area contributed by atoms with Gasteiger partial charge in [0.1, 0.15) is 5.69 Å². The van der Waals surface area contributed by atoms with Gasteiger partial charge in [0.2, 0.25) is 0 Å². The normalized spacial score (nSPS) is 12.3. The molecule has 0 fully saturated rings. The Morgan fingerprint density at radius 3 is 2.07 bits per heavy atom. The summed E-state index contributed by atoms with van der Waals surface area (Å²) < 4.78 is 83.1. The molecule has 0 bridgehead atoms. The summed E-state index contributed by atoms with van der Waals surface area (Å²) in [5.41, 5.74) is -0.962. The molecule has 0 saturated carbocycles. The van der Waals surface area contributed by atoms with Gasteiger partial charge in [0.15, 0.2) is 33.0 Å². The summed E-state index contributed by atoms with van der Waals surface area (Å²) >= 11 is 0. The predicted octanol–water partition coefficient (Wildman–Crippen LogP) is 4.37. The summed E-state index contributed by atoms with van der Waals surface area (Å²) in [6.45, 7) is 6.41. The number of benzene rings is 1. The lowest BCUT2D eigenvalue weighted by Crippen LogP contribution is -2.28. The average Bonchev–Trinajstić information content (AvgIpc) is 2.57. The van der Waals surface area contributed by atoms with Gasteiger partial charge < -0.3 is 13.9 Å². The molecule has 1 aromatic rings. The molecule has 4 nitrogen and oxygen atoms in total. The molecule has 0 aromatic heterocycles. The molecule has 1 aromatic carbocycles. The van der Waals surface area contributed by atoms with E-state index in [1.54, 1.807) is 0 Å². The Balaban J connectivity index is 2.37. The van der Waals surface area contributed by atoms with Gasteiger partial charge in [-0.1, -0.05) is 10.9 Å². The largest absolute Gasteiger partial charge is 0.379 e. The third-order valence-corrected chi connectivity index (χ3v) is 4.66. The first-order valence-electron chi connectivity index (χ1n) is 8.82. The lowest BCUT2D eigenvalue weighted by molar-refractivity contribution is -0.275. The summed E-state index contributed by atoms with van der Waals surface area (Å²) in [7, 11) is -0.990. The Morgan fingerprint density at radius 1 is 0.926 bits per heavy atom. The molecule has 0 radical (unpaired) electrons. The molecule has 10 heteroatoms. The van der Waals surface area contributed by atoms with Gasteiger partial charge in [0, 0.05) is 6.07 Å². The minimum absolute atomic E-state index is 0.0609.